The van der Waals surface area contributed by atoms with Gasteiger partial charge in [-0.1, -0.05) is 30.7 Å². The molecular formula is C27H40O6. The van der Waals surface area contributed by atoms with E-state index in [9.17, 15) is 19.8 Å². The molecule has 7 atom stereocenters. The van der Waals surface area contributed by atoms with Crippen LogP contribution in [0.2, 0.25) is 0 Å². The van der Waals surface area contributed by atoms with Crippen molar-refractivity contribution in [1.29, 1.82) is 0 Å². The Labute approximate surface area is 204 Å². The lowest BCUT2D eigenvalue weighted by Gasteiger charge is -2.19. The van der Waals surface area contributed by atoms with Crippen LogP contribution in [0.3, 0.4) is 0 Å². The largest absolute Gasteiger partial charge is 0.463 e. The number of carbonyl (C=O) groups excluding carboxylic acids is 2. The zero-order chi connectivity index (χ0) is 28.0. The number of hydrogen-bond donors (Lipinski definition) is 2. The number of fused-ring (bicyclic) bond motifs is 1. The van der Waals surface area contributed by atoms with E-state index in [2.05, 4.69) is 11.8 Å². The smallest absolute Gasteiger partial charge is 0.347 e. The predicted octanol–water partition coefficient (Wildman–Crippen LogP) is 3.95. The standard InChI is InChI=1S/C27H40O6/c1-5-7-10-18(3)24(28)14-13-22-23-16-20(15-21(23)17-25(22)29)11-8-9-12-26(30)33-19(4)27(31)32-6-2/h11,13-14,18-19,21-25,28-29H,6,8-10,12,15-17H2,1-4H3/b14-13+,20-11+/t18?,19-,21-,22+,23-,24+,25+/m0/s1/i10D2,12D2. The van der Waals surface area contributed by atoms with Crippen LogP contribution in [0.5, 0.6) is 0 Å². The van der Waals surface area contributed by atoms with Gasteiger partial charge < -0.3 is 19.7 Å². The molecule has 33 heavy (non-hydrogen) atoms. The van der Waals surface area contributed by atoms with Crippen molar-refractivity contribution in [2.24, 2.45) is 23.7 Å². The van der Waals surface area contributed by atoms with Gasteiger partial charge in [0.25, 0.3) is 0 Å². The first-order valence-electron chi connectivity index (χ1n) is 13.8. The Morgan fingerprint density at radius 1 is 1.33 bits per heavy atom. The van der Waals surface area contributed by atoms with E-state index in [0.717, 1.165) is 18.4 Å². The first-order valence-corrected chi connectivity index (χ1v) is 11.8. The van der Waals surface area contributed by atoms with Crippen LogP contribution in [0.15, 0.2) is 23.8 Å². The van der Waals surface area contributed by atoms with Gasteiger partial charge in [0.05, 0.1) is 18.8 Å². The number of aliphatic hydroxyl groups excluding tert-OH is 2. The number of rotatable bonds is 11. The summed E-state index contributed by atoms with van der Waals surface area (Å²) in [6, 6.07) is 0. The summed E-state index contributed by atoms with van der Waals surface area (Å²) in [5.41, 5.74) is 1.15. The normalized spacial score (nSPS) is 30.8. The van der Waals surface area contributed by atoms with Crippen LogP contribution in [0, 0.1) is 35.5 Å². The van der Waals surface area contributed by atoms with Crippen LogP contribution in [0.25, 0.3) is 0 Å². The van der Waals surface area contributed by atoms with Crippen molar-refractivity contribution in [1.82, 2.24) is 0 Å². The summed E-state index contributed by atoms with van der Waals surface area (Å²) in [6.07, 6.45) is 0.890. The molecule has 2 rings (SSSR count). The van der Waals surface area contributed by atoms with Crippen LogP contribution in [0.4, 0.5) is 0 Å². The summed E-state index contributed by atoms with van der Waals surface area (Å²) >= 11 is 0. The van der Waals surface area contributed by atoms with Crippen molar-refractivity contribution in [3.8, 4) is 11.8 Å². The molecule has 6 heteroatoms. The number of allylic oxidation sites excluding steroid dienone is 2. The van der Waals surface area contributed by atoms with E-state index in [1.54, 1.807) is 32.9 Å². The Hall–Kier alpha value is -2.10. The Balaban J connectivity index is 1.94. The molecule has 2 fully saturated rings. The van der Waals surface area contributed by atoms with Gasteiger partial charge in [-0.25, -0.2) is 4.79 Å². The SMILES string of the molecule is [2H]C([2H])(CC/C=C1\C[C@H]2C[C@@H](O)[C@H](/C=C/[C@@H](O)C(C)C([2H])([2H])C#CC)[C@H]2C1)C(=O)O[C@@H](C)C(=O)OCC. The number of ether oxygens (including phenoxy) is 2. The van der Waals surface area contributed by atoms with E-state index in [1.165, 1.54) is 6.92 Å². The molecule has 0 saturated heterocycles. The van der Waals surface area contributed by atoms with Crippen molar-refractivity contribution in [3.63, 3.8) is 0 Å². The molecule has 0 radical (unpaired) electrons. The quantitative estimate of drug-likeness (QED) is 0.273. The number of esters is 2. The second-order valence-corrected chi connectivity index (χ2v) is 8.77. The predicted molar refractivity (Wildman–Crippen MR) is 127 cm³/mol. The van der Waals surface area contributed by atoms with Gasteiger partial charge in [-0.05, 0) is 70.6 Å². The average Bonchev–Trinajstić information content (AvgIpc) is 3.32. The maximum absolute atomic E-state index is 12.2. The van der Waals surface area contributed by atoms with Crippen molar-refractivity contribution >= 4 is 11.9 Å². The Morgan fingerprint density at radius 2 is 2.09 bits per heavy atom. The van der Waals surface area contributed by atoms with Crippen LogP contribution < -0.4 is 0 Å². The van der Waals surface area contributed by atoms with Gasteiger partial charge in [-0.2, -0.15) is 0 Å². The average molecular weight is 465 g/mol. The van der Waals surface area contributed by atoms with Crippen LogP contribution in [-0.4, -0.2) is 47.1 Å². The molecule has 2 saturated carbocycles. The molecule has 2 N–H and O–H groups in total. The molecule has 6 nitrogen and oxygen atoms in total. The fourth-order valence-corrected chi connectivity index (χ4v) is 4.58. The number of carbonyl (C=O) groups is 2. The Kier molecular flexibility index (Phi) is 8.81. The third-order valence-electron chi connectivity index (χ3n) is 6.33. The summed E-state index contributed by atoms with van der Waals surface area (Å²) in [6.45, 7) is 6.28. The topological polar surface area (TPSA) is 93.1 Å². The molecule has 0 amide bonds. The van der Waals surface area contributed by atoms with Crippen molar-refractivity contribution in [2.45, 2.75) is 90.9 Å². The lowest BCUT2D eigenvalue weighted by Crippen LogP contribution is -2.26. The molecule has 0 aliphatic heterocycles. The summed E-state index contributed by atoms with van der Waals surface area (Å²) in [5.74, 6) is 2.81. The van der Waals surface area contributed by atoms with Gasteiger partial charge in [0.15, 0.2) is 6.10 Å². The third kappa shape index (κ3) is 8.32. The van der Waals surface area contributed by atoms with E-state index in [1.807, 2.05) is 6.08 Å². The highest BCUT2D eigenvalue weighted by Gasteiger charge is 2.45. The van der Waals surface area contributed by atoms with Gasteiger partial charge in [0.2, 0.25) is 0 Å². The molecule has 0 aromatic rings. The highest BCUT2D eigenvalue weighted by atomic mass is 16.6. The highest BCUT2D eigenvalue weighted by Crippen LogP contribution is 2.50. The second-order valence-electron chi connectivity index (χ2n) is 8.77. The van der Waals surface area contributed by atoms with Crippen molar-refractivity contribution in [2.75, 3.05) is 6.61 Å². The maximum atomic E-state index is 12.2. The van der Waals surface area contributed by atoms with Crippen molar-refractivity contribution < 1.29 is 34.8 Å². The van der Waals surface area contributed by atoms with Gasteiger partial charge in [0, 0.05) is 24.1 Å². The van der Waals surface area contributed by atoms with E-state index < -0.39 is 48.9 Å². The summed E-state index contributed by atoms with van der Waals surface area (Å²) in [4.78, 5) is 23.8. The molecule has 0 bridgehead atoms. The van der Waals surface area contributed by atoms with Gasteiger partial charge >= 0.3 is 11.9 Å². The molecule has 0 aromatic heterocycles. The Morgan fingerprint density at radius 3 is 2.79 bits per heavy atom. The first kappa shape index (κ1) is 21.4. The minimum Gasteiger partial charge on any atom is -0.463 e. The lowest BCUT2D eigenvalue weighted by molar-refractivity contribution is -0.166. The molecular weight excluding hydrogens is 420 g/mol. The van der Waals surface area contributed by atoms with E-state index in [4.69, 9.17) is 15.0 Å². The van der Waals surface area contributed by atoms with E-state index >= 15 is 0 Å². The zero-order valence-corrected chi connectivity index (χ0v) is 20.0. The number of hydrogen-bond acceptors (Lipinski definition) is 6. The molecule has 0 heterocycles. The monoisotopic (exact) mass is 464 g/mol. The van der Waals surface area contributed by atoms with Crippen LogP contribution >= 0.6 is 0 Å². The second kappa shape index (κ2) is 13.6. The lowest BCUT2D eigenvalue weighted by atomic mass is 9.89. The van der Waals surface area contributed by atoms with Crippen LogP contribution in [-0.2, 0) is 19.1 Å². The molecule has 0 spiro atoms. The molecule has 184 valence electrons. The van der Waals surface area contributed by atoms with E-state index in [0.29, 0.717) is 12.8 Å². The number of aliphatic hydroxyl groups is 2. The molecule has 1 unspecified atom stereocenters. The van der Waals surface area contributed by atoms with Gasteiger partial charge in [-0.15, -0.1) is 11.8 Å². The molecule has 2 aliphatic rings. The maximum Gasteiger partial charge on any atom is 0.347 e. The minimum absolute atomic E-state index is 0.0844. The van der Waals surface area contributed by atoms with E-state index in [-0.39, 0.29) is 30.8 Å². The zero-order valence-electron chi connectivity index (χ0n) is 24.0. The Bertz CT molecular complexity index is 935. The fourth-order valence-electron chi connectivity index (χ4n) is 4.58. The summed E-state index contributed by atoms with van der Waals surface area (Å²) in [5, 5.41) is 21.1. The van der Waals surface area contributed by atoms with Gasteiger partial charge in [-0.3, -0.25) is 4.79 Å². The minimum atomic E-state index is -2.24. The molecule has 2 aliphatic carbocycles. The van der Waals surface area contributed by atoms with Crippen molar-refractivity contribution in [3.05, 3.63) is 23.8 Å². The summed E-state index contributed by atoms with van der Waals surface area (Å²) < 4.78 is 41.8. The summed E-state index contributed by atoms with van der Waals surface area (Å²) in [7, 11) is 0. The fraction of sp³-hybridized carbons (Fsp3) is 0.704. The third-order valence-corrected chi connectivity index (χ3v) is 6.33. The highest BCUT2D eigenvalue weighted by molar-refractivity contribution is 5.78. The molecule has 0 aromatic carbocycles. The van der Waals surface area contributed by atoms with Crippen LogP contribution in [0.1, 0.15) is 78.0 Å². The first-order chi connectivity index (χ1) is 17.2. The van der Waals surface area contributed by atoms with Gasteiger partial charge in [0.1, 0.15) is 0 Å².